The van der Waals surface area contributed by atoms with E-state index in [1.807, 2.05) is 62.4 Å². The maximum Gasteiger partial charge on any atom is 0.255 e. The van der Waals surface area contributed by atoms with Gasteiger partial charge in [-0.1, -0.05) is 42.8 Å². The number of amides is 1. The van der Waals surface area contributed by atoms with Crippen LogP contribution >= 0.6 is 22.9 Å². The van der Waals surface area contributed by atoms with Crippen LogP contribution in [0.1, 0.15) is 30.6 Å². The van der Waals surface area contributed by atoms with Gasteiger partial charge in [0.15, 0.2) is 11.5 Å². The number of aromatic nitrogens is 1. The van der Waals surface area contributed by atoms with Crippen molar-refractivity contribution in [1.29, 1.82) is 0 Å². The van der Waals surface area contributed by atoms with Crippen molar-refractivity contribution in [2.45, 2.75) is 20.3 Å². The maximum absolute atomic E-state index is 13.1. The van der Waals surface area contributed by atoms with E-state index >= 15 is 0 Å². The first-order valence-corrected chi connectivity index (χ1v) is 11.7. The number of nitrogens with one attached hydrogen (secondary N) is 1. The molecule has 164 valence electrons. The molecule has 4 aromatic rings. The molecule has 0 aliphatic heterocycles. The van der Waals surface area contributed by atoms with Crippen molar-refractivity contribution in [3.05, 3.63) is 71.2 Å². The Bertz CT molecular complexity index is 1220. The summed E-state index contributed by atoms with van der Waals surface area (Å²) in [5, 5.41) is 4.19. The molecule has 1 heterocycles. The predicted molar refractivity (Wildman–Crippen MR) is 131 cm³/mol. The molecule has 32 heavy (non-hydrogen) atoms. The lowest BCUT2D eigenvalue weighted by atomic mass is 10.1. The predicted octanol–water partition coefficient (Wildman–Crippen LogP) is 7.06. The summed E-state index contributed by atoms with van der Waals surface area (Å²) < 4.78 is 12.5. The summed E-state index contributed by atoms with van der Waals surface area (Å²) in [6.45, 7) is 4.84. The zero-order valence-electron chi connectivity index (χ0n) is 17.9. The lowest BCUT2D eigenvalue weighted by molar-refractivity contribution is 0.102. The van der Waals surface area contributed by atoms with Crippen LogP contribution < -0.4 is 14.8 Å². The summed E-state index contributed by atoms with van der Waals surface area (Å²) >= 11 is 8.02. The molecule has 3 aromatic carbocycles. The molecule has 0 aliphatic carbocycles. The topological polar surface area (TPSA) is 60.5 Å². The third kappa shape index (κ3) is 4.71. The van der Waals surface area contributed by atoms with Gasteiger partial charge in [-0.25, -0.2) is 4.98 Å². The van der Waals surface area contributed by atoms with Crippen LogP contribution in [0.4, 0.5) is 5.69 Å². The highest BCUT2D eigenvalue weighted by Crippen LogP contribution is 2.38. The standard InChI is InChI=1S/C25H23ClN2O3S/c1-3-13-31-23-18(26)14-16(15-21(23)30-4-2)24(29)27-19-10-6-5-9-17(19)25-28-20-11-7-8-12-22(20)32-25/h5-12,14-15H,3-4,13H2,1-2H3,(H,27,29). The Labute approximate surface area is 196 Å². The minimum Gasteiger partial charge on any atom is -0.490 e. The molecular formula is C25H23ClN2O3S. The number of thiazole rings is 1. The summed E-state index contributed by atoms with van der Waals surface area (Å²) in [6.07, 6.45) is 0.840. The average molecular weight is 467 g/mol. The molecule has 5 nitrogen and oxygen atoms in total. The molecule has 0 aliphatic rings. The number of ether oxygens (including phenoxy) is 2. The van der Waals surface area contributed by atoms with Gasteiger partial charge in [-0.05, 0) is 49.7 Å². The van der Waals surface area contributed by atoms with Crippen LogP contribution in [0.3, 0.4) is 0 Å². The molecule has 0 radical (unpaired) electrons. The van der Waals surface area contributed by atoms with E-state index in [4.69, 9.17) is 26.1 Å². The number of carbonyl (C=O) groups is 1. The van der Waals surface area contributed by atoms with E-state index in [0.29, 0.717) is 41.0 Å². The van der Waals surface area contributed by atoms with E-state index in [-0.39, 0.29) is 5.91 Å². The molecule has 0 atom stereocenters. The van der Waals surface area contributed by atoms with Crippen LogP contribution in [0.15, 0.2) is 60.7 Å². The number of hydrogen-bond acceptors (Lipinski definition) is 5. The van der Waals surface area contributed by atoms with Crippen molar-refractivity contribution in [1.82, 2.24) is 4.98 Å². The zero-order valence-corrected chi connectivity index (χ0v) is 19.4. The highest BCUT2D eigenvalue weighted by molar-refractivity contribution is 7.21. The Morgan fingerprint density at radius 1 is 1.06 bits per heavy atom. The second-order valence-electron chi connectivity index (χ2n) is 7.05. The van der Waals surface area contributed by atoms with Crippen LogP contribution in [0.25, 0.3) is 20.8 Å². The first-order chi connectivity index (χ1) is 15.6. The number of para-hydroxylation sites is 2. The van der Waals surface area contributed by atoms with Gasteiger partial charge in [0.2, 0.25) is 0 Å². The van der Waals surface area contributed by atoms with Crippen LogP contribution in [0, 0.1) is 0 Å². The summed E-state index contributed by atoms with van der Waals surface area (Å²) in [7, 11) is 0. The quantitative estimate of drug-likeness (QED) is 0.302. The number of rotatable bonds is 8. The monoisotopic (exact) mass is 466 g/mol. The molecular weight excluding hydrogens is 444 g/mol. The second-order valence-corrected chi connectivity index (χ2v) is 8.49. The maximum atomic E-state index is 13.1. The molecule has 0 saturated heterocycles. The minimum atomic E-state index is -0.288. The molecule has 1 amide bonds. The molecule has 0 bridgehead atoms. The molecule has 1 N–H and O–H groups in total. The third-order valence-corrected chi connectivity index (χ3v) is 6.07. The SMILES string of the molecule is CCCOc1c(Cl)cc(C(=O)Nc2ccccc2-c2nc3ccccc3s2)cc1OCC. The van der Waals surface area contributed by atoms with Gasteiger partial charge in [-0.3, -0.25) is 4.79 Å². The lowest BCUT2D eigenvalue weighted by Gasteiger charge is -2.15. The van der Waals surface area contributed by atoms with Crippen molar-refractivity contribution >= 4 is 44.7 Å². The Morgan fingerprint density at radius 2 is 1.84 bits per heavy atom. The Kier molecular flexibility index (Phi) is 6.93. The third-order valence-electron chi connectivity index (χ3n) is 4.72. The number of benzene rings is 3. The Morgan fingerprint density at radius 3 is 2.62 bits per heavy atom. The summed E-state index contributed by atoms with van der Waals surface area (Å²) in [6, 6.07) is 18.9. The van der Waals surface area contributed by atoms with Gasteiger partial charge >= 0.3 is 0 Å². The van der Waals surface area contributed by atoms with Crippen molar-refractivity contribution in [2.24, 2.45) is 0 Å². The van der Waals surface area contributed by atoms with E-state index < -0.39 is 0 Å². The van der Waals surface area contributed by atoms with Gasteiger partial charge in [-0.2, -0.15) is 0 Å². The van der Waals surface area contributed by atoms with Gasteiger partial charge in [0, 0.05) is 11.1 Å². The van der Waals surface area contributed by atoms with Gasteiger partial charge in [0.1, 0.15) is 5.01 Å². The van der Waals surface area contributed by atoms with E-state index in [2.05, 4.69) is 5.32 Å². The minimum absolute atomic E-state index is 0.288. The average Bonchev–Trinajstić information content (AvgIpc) is 3.23. The molecule has 0 saturated carbocycles. The van der Waals surface area contributed by atoms with E-state index in [0.717, 1.165) is 27.2 Å². The van der Waals surface area contributed by atoms with Crippen molar-refractivity contribution < 1.29 is 14.3 Å². The fourth-order valence-electron chi connectivity index (χ4n) is 3.27. The Hall–Kier alpha value is -3.09. The summed E-state index contributed by atoms with van der Waals surface area (Å²) in [5.74, 6) is 0.628. The number of fused-ring (bicyclic) bond motifs is 1. The molecule has 4 rings (SSSR count). The fourth-order valence-corrected chi connectivity index (χ4v) is 4.54. The fraction of sp³-hybridized carbons (Fsp3) is 0.200. The first-order valence-electron chi connectivity index (χ1n) is 10.5. The van der Waals surface area contributed by atoms with Crippen LogP contribution in [-0.4, -0.2) is 24.1 Å². The second kappa shape index (κ2) is 10.0. The van der Waals surface area contributed by atoms with E-state index in [1.54, 1.807) is 23.5 Å². The zero-order chi connectivity index (χ0) is 22.5. The number of nitrogens with zero attached hydrogens (tertiary/aromatic N) is 1. The van der Waals surface area contributed by atoms with Crippen LogP contribution in [0.2, 0.25) is 5.02 Å². The van der Waals surface area contributed by atoms with Gasteiger partial charge in [0.25, 0.3) is 5.91 Å². The number of halogens is 1. The molecule has 0 spiro atoms. The van der Waals surface area contributed by atoms with E-state index in [9.17, 15) is 4.79 Å². The van der Waals surface area contributed by atoms with Crippen molar-refractivity contribution in [3.8, 4) is 22.1 Å². The van der Waals surface area contributed by atoms with Crippen LogP contribution in [0.5, 0.6) is 11.5 Å². The van der Waals surface area contributed by atoms with Gasteiger partial charge in [0.05, 0.1) is 34.1 Å². The lowest BCUT2D eigenvalue weighted by Crippen LogP contribution is -2.13. The van der Waals surface area contributed by atoms with Crippen molar-refractivity contribution in [3.63, 3.8) is 0 Å². The smallest absolute Gasteiger partial charge is 0.255 e. The molecule has 7 heteroatoms. The number of carbonyl (C=O) groups excluding carboxylic acids is 1. The number of hydrogen-bond donors (Lipinski definition) is 1. The molecule has 1 aromatic heterocycles. The summed E-state index contributed by atoms with van der Waals surface area (Å²) in [5.41, 5.74) is 2.86. The molecule has 0 fully saturated rings. The van der Waals surface area contributed by atoms with Gasteiger partial charge in [-0.15, -0.1) is 11.3 Å². The first kappa shape index (κ1) is 22.1. The Balaban J connectivity index is 1.65. The van der Waals surface area contributed by atoms with E-state index in [1.165, 1.54) is 0 Å². The summed E-state index contributed by atoms with van der Waals surface area (Å²) in [4.78, 5) is 17.8. The highest BCUT2D eigenvalue weighted by atomic mass is 35.5. The largest absolute Gasteiger partial charge is 0.490 e. The van der Waals surface area contributed by atoms with Crippen LogP contribution in [-0.2, 0) is 0 Å². The van der Waals surface area contributed by atoms with Crippen molar-refractivity contribution in [2.75, 3.05) is 18.5 Å². The normalized spacial score (nSPS) is 10.8. The number of anilines is 1. The van der Waals surface area contributed by atoms with Gasteiger partial charge < -0.3 is 14.8 Å². The molecule has 0 unspecified atom stereocenters. The highest BCUT2D eigenvalue weighted by Gasteiger charge is 2.18.